The molecular formula is C60H65ClF4N16O4S2. The molecule has 2 aromatic carbocycles. The van der Waals surface area contributed by atoms with E-state index in [0.717, 1.165) is 54.5 Å². The standard InChI is InChI=1S/C30H32F2N8O2S.C24H23F2N7S.C6H10ClNO2/c1-3-23-29(36(2)30-34-28(26(15-33)43-30)19-4-6-20(31)7-5-19)25-14-24(22(32)17-40(25)35-23)38-12-10-37(11-13-38)18-27(42)39-9-8-21(41)16-39;1-3-18-23(20-12-19(17(26)14-33(20)30-18)32-10-8-28-9-11-32)31(2)24-29-22(21(13-27)34-24)15-4-6-16(25)7-5-15;7-3-6(10)8-2-1-5(9)4-8/h4-7,14,17,21,41H,3,8-13,16,18H2,1-2H3;4-7,12,14,28H,3,8-11H2,1-2H3;5,9H,1-4H2/t21-;;5-/m1.1/s1. The monoisotopic (exact) mass is 1250 g/mol. The van der Waals surface area contributed by atoms with Crippen LogP contribution in [0.2, 0.25) is 0 Å². The van der Waals surface area contributed by atoms with Crippen LogP contribution in [-0.4, -0.2) is 183 Å². The van der Waals surface area contributed by atoms with Gasteiger partial charge in [0.15, 0.2) is 21.9 Å². The fourth-order valence-electron chi connectivity index (χ4n) is 11.1. The van der Waals surface area contributed by atoms with Gasteiger partial charge < -0.3 is 44.9 Å². The molecule has 2 amide bonds. The van der Waals surface area contributed by atoms with Crippen molar-refractivity contribution in [3.8, 4) is 34.7 Å². The first-order chi connectivity index (χ1) is 42.0. The molecule has 12 rings (SSSR count). The van der Waals surface area contributed by atoms with Crippen LogP contribution >= 0.6 is 34.3 Å². The van der Waals surface area contributed by atoms with Gasteiger partial charge in [0, 0.05) is 104 Å². The van der Waals surface area contributed by atoms with E-state index in [4.69, 9.17) is 26.7 Å². The molecule has 0 unspecified atom stereocenters. The van der Waals surface area contributed by atoms with Gasteiger partial charge in [0.05, 0.1) is 76.3 Å². The van der Waals surface area contributed by atoms with Gasteiger partial charge >= 0.3 is 0 Å². The molecule has 0 spiro atoms. The maximum absolute atomic E-state index is 15.5. The molecule has 3 N–H and O–H groups in total. The number of aryl methyl sites for hydroxylation is 2. The van der Waals surface area contributed by atoms with Crippen LogP contribution in [0.25, 0.3) is 33.5 Å². The third-order valence-electron chi connectivity index (χ3n) is 15.8. The van der Waals surface area contributed by atoms with Crippen molar-refractivity contribution < 1.29 is 37.4 Å². The second-order valence-corrected chi connectivity index (χ2v) is 23.6. The van der Waals surface area contributed by atoms with Crippen LogP contribution in [0.15, 0.2) is 73.1 Å². The summed E-state index contributed by atoms with van der Waals surface area (Å²) in [5, 5.41) is 52.0. The molecule has 10 heterocycles. The number of nitriles is 2. The smallest absolute Gasteiger partial charge is 0.237 e. The number of nitrogens with one attached hydrogen (secondary N) is 1. The number of hydrogen-bond donors (Lipinski definition) is 3. The molecule has 0 aliphatic carbocycles. The normalized spacial score (nSPS) is 17.0. The molecule has 4 aliphatic heterocycles. The van der Waals surface area contributed by atoms with Gasteiger partial charge in [-0.15, -0.1) is 11.6 Å². The number of thiazole rings is 2. The first kappa shape index (κ1) is 62.1. The Morgan fingerprint density at radius 3 is 1.47 bits per heavy atom. The van der Waals surface area contributed by atoms with Crippen LogP contribution in [0.5, 0.6) is 0 Å². The SMILES string of the molecule is CCc1nn2cc(F)c(N3CCN(CC(=O)N4CC[C@@H](O)C4)CC3)cc2c1N(C)c1nc(-c2ccc(F)cc2)c(C#N)s1.CCc1nn2cc(F)c(N3CCNCC3)cc2c1N(C)c1nc(-c2ccc(F)cc2)c(C#N)s1.O=C(CCl)N1CC[C@@H](O)C1. The van der Waals surface area contributed by atoms with E-state index >= 15 is 4.39 Å². The minimum Gasteiger partial charge on any atom is -0.391 e. The van der Waals surface area contributed by atoms with Crippen molar-refractivity contribution in [2.45, 2.75) is 51.7 Å². The maximum Gasteiger partial charge on any atom is 0.237 e. The molecule has 27 heteroatoms. The van der Waals surface area contributed by atoms with E-state index in [2.05, 4.69) is 32.6 Å². The summed E-state index contributed by atoms with van der Waals surface area (Å²) in [4.78, 5) is 47.0. The van der Waals surface area contributed by atoms with Crippen molar-refractivity contribution in [1.29, 1.82) is 10.5 Å². The number of halogens is 5. The summed E-state index contributed by atoms with van der Waals surface area (Å²) >= 11 is 7.80. The zero-order valence-electron chi connectivity index (χ0n) is 48.4. The number of aromatic nitrogens is 6. The lowest BCUT2D eigenvalue weighted by Crippen LogP contribution is -2.50. The predicted molar refractivity (Wildman–Crippen MR) is 328 cm³/mol. The Bertz CT molecular complexity index is 3850. The molecule has 4 fully saturated rings. The number of amides is 2. The van der Waals surface area contributed by atoms with Crippen LogP contribution in [0.3, 0.4) is 0 Å². The molecule has 4 aliphatic rings. The number of alkyl halides is 1. The van der Waals surface area contributed by atoms with Gasteiger partial charge in [0.1, 0.15) is 50.8 Å². The predicted octanol–water partition coefficient (Wildman–Crippen LogP) is 7.82. The highest BCUT2D eigenvalue weighted by Crippen LogP contribution is 2.42. The number of β-amino-alcohol motifs (C(OH)–C–C–N with tert-alkyl or cyclic N) is 2. The molecule has 456 valence electrons. The largest absolute Gasteiger partial charge is 0.391 e. The first-order valence-electron chi connectivity index (χ1n) is 28.6. The summed E-state index contributed by atoms with van der Waals surface area (Å²) in [5.41, 5.74) is 7.95. The number of anilines is 6. The zero-order valence-corrected chi connectivity index (χ0v) is 50.8. The van der Waals surface area contributed by atoms with Crippen LogP contribution in [0.4, 0.5) is 50.6 Å². The van der Waals surface area contributed by atoms with Gasteiger partial charge in [-0.3, -0.25) is 14.5 Å². The van der Waals surface area contributed by atoms with E-state index in [-0.39, 0.29) is 53.6 Å². The molecule has 2 atom stereocenters. The van der Waals surface area contributed by atoms with E-state index in [1.807, 2.05) is 53.6 Å². The molecule has 0 bridgehead atoms. The average molecular weight is 1250 g/mol. The second-order valence-electron chi connectivity index (χ2n) is 21.4. The number of benzene rings is 2. The number of carbonyl (C=O) groups is 2. The van der Waals surface area contributed by atoms with Gasteiger partial charge in [-0.05, 0) is 86.3 Å². The van der Waals surface area contributed by atoms with Crippen molar-refractivity contribution in [2.75, 3.05) is 125 Å². The number of aliphatic hydroxyl groups excluding tert-OH is 2. The molecule has 0 radical (unpaired) electrons. The number of piperazine rings is 2. The first-order valence-corrected chi connectivity index (χ1v) is 30.8. The van der Waals surface area contributed by atoms with Crippen molar-refractivity contribution in [3.05, 3.63) is 117 Å². The lowest BCUT2D eigenvalue weighted by Gasteiger charge is -2.36. The van der Waals surface area contributed by atoms with Crippen molar-refractivity contribution in [3.63, 3.8) is 0 Å². The number of hydrogen-bond acceptors (Lipinski definition) is 18. The van der Waals surface area contributed by atoms with Crippen molar-refractivity contribution in [2.24, 2.45) is 0 Å². The van der Waals surface area contributed by atoms with Gasteiger partial charge in [0.2, 0.25) is 11.8 Å². The third-order valence-corrected chi connectivity index (χ3v) is 18.1. The minimum atomic E-state index is -0.444. The van der Waals surface area contributed by atoms with Gasteiger partial charge in [-0.1, -0.05) is 36.5 Å². The Balaban J connectivity index is 0.000000169. The molecule has 6 aromatic heterocycles. The molecule has 4 saturated heterocycles. The molecule has 87 heavy (non-hydrogen) atoms. The highest BCUT2D eigenvalue weighted by molar-refractivity contribution is 7.17. The lowest BCUT2D eigenvalue weighted by atomic mass is 10.1. The van der Waals surface area contributed by atoms with E-state index in [9.17, 15) is 38.4 Å². The van der Waals surface area contributed by atoms with E-state index in [0.29, 0.717) is 137 Å². The average Bonchev–Trinajstić information content (AvgIpc) is 2.04. The van der Waals surface area contributed by atoms with E-state index in [1.165, 1.54) is 59.3 Å². The van der Waals surface area contributed by atoms with Crippen LogP contribution in [0, 0.1) is 45.9 Å². The van der Waals surface area contributed by atoms with Crippen LogP contribution < -0.4 is 24.9 Å². The fourth-order valence-corrected chi connectivity index (χ4v) is 13.0. The quantitative estimate of drug-likeness (QED) is 0.0741. The topological polar surface area (TPSA) is 217 Å². The summed E-state index contributed by atoms with van der Waals surface area (Å²) in [7, 11) is 3.72. The third kappa shape index (κ3) is 13.6. The van der Waals surface area contributed by atoms with Crippen LogP contribution in [0.1, 0.15) is 47.8 Å². The number of fused-ring (bicyclic) bond motifs is 2. The second kappa shape index (κ2) is 27.4. The Kier molecular flexibility index (Phi) is 19.6. The highest BCUT2D eigenvalue weighted by atomic mass is 35.5. The molecule has 20 nitrogen and oxygen atoms in total. The van der Waals surface area contributed by atoms with Gasteiger partial charge in [-0.25, -0.2) is 36.6 Å². The number of carbonyl (C=O) groups excluding carboxylic acids is 2. The van der Waals surface area contributed by atoms with Crippen molar-refractivity contribution in [1.82, 2.24) is 49.2 Å². The van der Waals surface area contributed by atoms with E-state index < -0.39 is 6.10 Å². The van der Waals surface area contributed by atoms with Crippen molar-refractivity contribution >= 4 is 90.1 Å². The number of likely N-dealkylation sites (tertiary alicyclic amines) is 2. The molecule has 0 saturated carbocycles. The molecular weight excluding hydrogens is 1180 g/mol. The number of aliphatic hydroxyl groups is 2. The maximum atomic E-state index is 15.5. The number of rotatable bonds is 13. The summed E-state index contributed by atoms with van der Waals surface area (Å²) < 4.78 is 60.5. The van der Waals surface area contributed by atoms with E-state index in [1.54, 1.807) is 49.2 Å². The Labute approximate surface area is 513 Å². The number of nitrogens with zero attached hydrogens (tertiary/aromatic N) is 15. The van der Waals surface area contributed by atoms with Gasteiger partial charge in [0.25, 0.3) is 0 Å². The Hall–Kier alpha value is -7.95. The minimum absolute atomic E-state index is 0.0148. The Morgan fingerprint density at radius 1 is 0.655 bits per heavy atom. The van der Waals surface area contributed by atoms with Gasteiger partial charge in [-0.2, -0.15) is 20.7 Å². The Morgan fingerprint density at radius 2 is 1.08 bits per heavy atom. The summed E-state index contributed by atoms with van der Waals surface area (Å²) in [6.45, 7) is 11.7. The molecule has 8 aromatic rings. The lowest BCUT2D eigenvalue weighted by molar-refractivity contribution is -0.131. The van der Waals surface area contributed by atoms with Crippen LogP contribution in [-0.2, 0) is 22.4 Å². The summed E-state index contributed by atoms with van der Waals surface area (Å²) in [6, 6.07) is 19.9. The highest BCUT2D eigenvalue weighted by Gasteiger charge is 2.31. The number of pyridine rings is 2. The summed E-state index contributed by atoms with van der Waals surface area (Å²) in [6.07, 6.45) is 4.57. The fraction of sp³-hybridized carbons (Fsp3) is 0.400. The summed E-state index contributed by atoms with van der Waals surface area (Å²) in [5.74, 6) is -1.46. The zero-order chi connectivity index (χ0) is 61.6.